The molecule has 45 heavy (non-hydrogen) atoms. The normalized spacial score (nSPS) is 27.8. The highest BCUT2D eigenvalue weighted by molar-refractivity contribution is 5.96. The first-order valence-electron chi connectivity index (χ1n) is 16.9. The SMILES string of the molecule is CCCCCCN1CCNC(=O)[C@H](CO)NC(=O)[C@H](CN)NC(=O)C(C2CCCCC2)NC(=O)[C@H](CC(C)C)N(C)C(=O)[C@@H]1C. The van der Waals surface area contributed by atoms with E-state index in [-0.39, 0.29) is 30.8 Å². The van der Waals surface area contributed by atoms with Crippen LogP contribution in [0.2, 0.25) is 0 Å². The number of nitrogens with zero attached hydrogens (tertiary/aromatic N) is 2. The second-order valence-corrected chi connectivity index (χ2v) is 13.1. The van der Waals surface area contributed by atoms with Gasteiger partial charge in [0.15, 0.2) is 0 Å². The summed E-state index contributed by atoms with van der Waals surface area (Å²) < 4.78 is 0. The Kier molecular flexibility index (Phi) is 16.8. The molecule has 0 spiro atoms. The summed E-state index contributed by atoms with van der Waals surface area (Å²) in [6.45, 7) is 8.17. The van der Waals surface area contributed by atoms with Crippen LogP contribution in [0.5, 0.6) is 0 Å². The van der Waals surface area contributed by atoms with Crippen LogP contribution in [0, 0.1) is 11.8 Å². The van der Waals surface area contributed by atoms with Gasteiger partial charge in [-0.25, -0.2) is 0 Å². The Balaban J connectivity index is 2.49. The summed E-state index contributed by atoms with van der Waals surface area (Å²) in [7, 11) is 1.64. The molecule has 1 aliphatic heterocycles. The van der Waals surface area contributed by atoms with Gasteiger partial charge in [-0.05, 0) is 51.0 Å². The van der Waals surface area contributed by atoms with Crippen LogP contribution >= 0.6 is 0 Å². The van der Waals surface area contributed by atoms with Crippen molar-refractivity contribution in [2.45, 2.75) is 122 Å². The van der Waals surface area contributed by atoms with Crippen LogP contribution in [0.15, 0.2) is 0 Å². The van der Waals surface area contributed by atoms with Crippen LogP contribution < -0.4 is 27.0 Å². The monoisotopic (exact) mass is 637 g/mol. The molecular weight excluding hydrogens is 578 g/mol. The third-order valence-corrected chi connectivity index (χ3v) is 9.10. The molecule has 0 aromatic heterocycles. The van der Waals surface area contributed by atoms with Crippen molar-refractivity contribution in [1.29, 1.82) is 0 Å². The first kappa shape index (κ1) is 38.4. The minimum absolute atomic E-state index is 0.0938. The van der Waals surface area contributed by atoms with Gasteiger partial charge in [0.25, 0.3) is 0 Å². The van der Waals surface area contributed by atoms with E-state index in [1.807, 2.05) is 25.7 Å². The Morgan fingerprint density at radius 1 is 0.889 bits per heavy atom. The molecule has 1 saturated heterocycles. The van der Waals surface area contributed by atoms with E-state index in [1.165, 1.54) is 4.90 Å². The van der Waals surface area contributed by atoms with Crippen molar-refractivity contribution in [2.75, 3.05) is 39.8 Å². The summed E-state index contributed by atoms with van der Waals surface area (Å²) in [5.74, 6) is -2.52. The summed E-state index contributed by atoms with van der Waals surface area (Å²) in [5.41, 5.74) is 5.87. The third-order valence-electron chi connectivity index (χ3n) is 9.10. The molecule has 0 radical (unpaired) electrons. The standard InChI is InChI=1S/C32H59N7O6/c1-6-7-8-12-16-39-17-15-34-28(41)25(20-40)36-29(42)24(19-33)35-31(44)27(23-13-10-9-11-14-23)37-30(43)26(18-21(2)3)38(5)32(45)22(39)4/h21-27,40H,6-20,33H2,1-5H3,(H,34,41)(H,35,44)(H,36,42)(H,37,43)/t22-,24-,25-,26-,27?/m0/s1. The molecular formula is C32H59N7O6. The maximum Gasteiger partial charge on any atom is 0.245 e. The number of nitrogens with one attached hydrogen (secondary N) is 4. The van der Waals surface area contributed by atoms with E-state index >= 15 is 0 Å². The maximum atomic E-state index is 14.0. The summed E-state index contributed by atoms with van der Waals surface area (Å²) in [6, 6.07) is -4.75. The first-order chi connectivity index (χ1) is 21.4. The average Bonchev–Trinajstić information content (AvgIpc) is 3.03. The number of amides is 5. The van der Waals surface area contributed by atoms with Crippen molar-refractivity contribution in [3.05, 3.63) is 0 Å². The lowest BCUT2D eigenvalue weighted by atomic mass is 9.83. The molecule has 2 aliphatic rings. The molecule has 7 N–H and O–H groups in total. The molecule has 5 atom stereocenters. The lowest BCUT2D eigenvalue weighted by Gasteiger charge is -2.37. The van der Waals surface area contributed by atoms with Crippen LogP contribution in [0.25, 0.3) is 0 Å². The number of carbonyl (C=O) groups is 5. The molecule has 2 rings (SSSR count). The lowest BCUT2D eigenvalue weighted by molar-refractivity contribution is -0.144. The van der Waals surface area contributed by atoms with E-state index in [1.54, 1.807) is 7.05 Å². The van der Waals surface area contributed by atoms with Crippen molar-refractivity contribution in [3.8, 4) is 0 Å². The van der Waals surface area contributed by atoms with E-state index in [0.717, 1.165) is 57.8 Å². The molecule has 13 heteroatoms. The molecule has 5 amide bonds. The average molecular weight is 638 g/mol. The van der Waals surface area contributed by atoms with Crippen LogP contribution in [-0.4, -0.2) is 114 Å². The third kappa shape index (κ3) is 11.8. The molecule has 0 bridgehead atoms. The molecule has 13 nitrogen and oxygen atoms in total. The molecule has 1 unspecified atom stereocenters. The smallest absolute Gasteiger partial charge is 0.245 e. The largest absolute Gasteiger partial charge is 0.394 e. The van der Waals surface area contributed by atoms with Crippen molar-refractivity contribution in [3.63, 3.8) is 0 Å². The van der Waals surface area contributed by atoms with Crippen LogP contribution in [0.3, 0.4) is 0 Å². The van der Waals surface area contributed by atoms with Gasteiger partial charge in [0.05, 0.1) is 12.6 Å². The van der Waals surface area contributed by atoms with Crippen molar-refractivity contribution in [2.24, 2.45) is 17.6 Å². The summed E-state index contributed by atoms with van der Waals surface area (Å²) >= 11 is 0. The molecule has 1 aliphatic carbocycles. The van der Waals surface area contributed by atoms with Gasteiger partial charge in [0.1, 0.15) is 24.2 Å². The number of hydrogen-bond donors (Lipinski definition) is 6. The Hall–Kier alpha value is -2.77. The zero-order chi connectivity index (χ0) is 33.5. The maximum absolute atomic E-state index is 14.0. The number of likely N-dealkylation sites (N-methyl/N-ethyl adjacent to an activating group) is 1. The number of nitrogens with two attached hydrogens (primary N) is 1. The number of carbonyl (C=O) groups excluding carboxylic acids is 5. The van der Waals surface area contributed by atoms with Crippen molar-refractivity contribution >= 4 is 29.5 Å². The van der Waals surface area contributed by atoms with E-state index in [4.69, 9.17) is 5.73 Å². The zero-order valence-electron chi connectivity index (χ0n) is 28.1. The predicted octanol–water partition coefficient (Wildman–Crippen LogP) is 0.246. The van der Waals surface area contributed by atoms with Gasteiger partial charge in [0.2, 0.25) is 29.5 Å². The number of rotatable bonds is 10. The van der Waals surface area contributed by atoms with Gasteiger partial charge in [-0.1, -0.05) is 59.3 Å². The molecule has 1 saturated carbocycles. The predicted molar refractivity (Wildman–Crippen MR) is 173 cm³/mol. The molecule has 0 aromatic rings. The Bertz CT molecular complexity index is 974. The van der Waals surface area contributed by atoms with E-state index in [2.05, 4.69) is 28.2 Å². The summed E-state index contributed by atoms with van der Waals surface area (Å²) in [5, 5.41) is 20.8. The topological polar surface area (TPSA) is 186 Å². The van der Waals surface area contributed by atoms with Gasteiger partial charge >= 0.3 is 0 Å². The fraction of sp³-hybridized carbons (Fsp3) is 0.844. The number of aliphatic hydroxyl groups is 1. The number of aliphatic hydroxyl groups excluding tert-OH is 1. The van der Waals surface area contributed by atoms with Crippen LogP contribution in [0.1, 0.15) is 91.9 Å². The summed E-state index contributed by atoms with van der Waals surface area (Å²) in [4.78, 5) is 71.2. The zero-order valence-corrected chi connectivity index (χ0v) is 28.1. The van der Waals surface area contributed by atoms with Crippen LogP contribution in [-0.2, 0) is 24.0 Å². The number of hydrogen-bond acceptors (Lipinski definition) is 8. The van der Waals surface area contributed by atoms with Gasteiger partial charge in [-0.15, -0.1) is 0 Å². The molecule has 0 aromatic carbocycles. The summed E-state index contributed by atoms with van der Waals surface area (Å²) in [6.07, 6.45) is 8.75. The minimum Gasteiger partial charge on any atom is -0.394 e. The van der Waals surface area contributed by atoms with E-state index in [0.29, 0.717) is 19.5 Å². The highest BCUT2D eigenvalue weighted by Crippen LogP contribution is 2.27. The fourth-order valence-electron chi connectivity index (χ4n) is 6.25. The fourth-order valence-corrected chi connectivity index (χ4v) is 6.25. The van der Waals surface area contributed by atoms with Gasteiger partial charge in [0, 0.05) is 26.7 Å². The molecule has 258 valence electrons. The second-order valence-electron chi connectivity index (χ2n) is 13.1. The van der Waals surface area contributed by atoms with E-state index in [9.17, 15) is 29.1 Å². The minimum atomic E-state index is -1.25. The molecule has 1 heterocycles. The van der Waals surface area contributed by atoms with Crippen molar-refractivity contribution in [1.82, 2.24) is 31.1 Å². The van der Waals surface area contributed by atoms with E-state index < -0.39 is 60.4 Å². The Labute approximate surface area is 269 Å². The highest BCUT2D eigenvalue weighted by atomic mass is 16.3. The Morgan fingerprint density at radius 3 is 2.16 bits per heavy atom. The quantitative estimate of drug-likeness (QED) is 0.184. The number of unbranched alkanes of at least 4 members (excludes halogenated alkanes) is 3. The lowest BCUT2D eigenvalue weighted by Crippen LogP contribution is -2.62. The van der Waals surface area contributed by atoms with Gasteiger partial charge in [-0.3, -0.25) is 28.9 Å². The second kappa shape index (κ2) is 19.7. The van der Waals surface area contributed by atoms with Gasteiger partial charge < -0.3 is 37.0 Å². The molecule has 2 fully saturated rings. The Morgan fingerprint density at radius 2 is 1.56 bits per heavy atom. The van der Waals surface area contributed by atoms with Gasteiger partial charge in [-0.2, -0.15) is 0 Å². The van der Waals surface area contributed by atoms with Crippen LogP contribution in [0.4, 0.5) is 0 Å². The first-order valence-corrected chi connectivity index (χ1v) is 16.9. The highest BCUT2D eigenvalue weighted by Gasteiger charge is 2.38. The van der Waals surface area contributed by atoms with Crippen molar-refractivity contribution < 1.29 is 29.1 Å².